The summed E-state index contributed by atoms with van der Waals surface area (Å²) in [6.45, 7) is 4.51. The first-order valence-corrected chi connectivity index (χ1v) is 13.1. The van der Waals surface area contributed by atoms with Crippen molar-refractivity contribution in [3.63, 3.8) is 0 Å². The summed E-state index contributed by atoms with van der Waals surface area (Å²) in [6, 6.07) is 15.3. The lowest BCUT2D eigenvalue weighted by molar-refractivity contribution is 0.267. The number of nitrogens with zero attached hydrogens (tertiary/aromatic N) is 3. The van der Waals surface area contributed by atoms with Crippen molar-refractivity contribution < 1.29 is 13.9 Å². The minimum Gasteiger partial charge on any atom is -0.490 e. The first-order valence-electron chi connectivity index (χ1n) is 11.5. The number of hydrogen-bond donors (Lipinski definition) is 0. The molecule has 0 aliphatic heterocycles. The van der Waals surface area contributed by atoms with E-state index in [-0.39, 0.29) is 18.0 Å². The van der Waals surface area contributed by atoms with E-state index in [0.29, 0.717) is 56.9 Å². The summed E-state index contributed by atoms with van der Waals surface area (Å²) >= 11 is 6.97. The van der Waals surface area contributed by atoms with E-state index in [2.05, 4.69) is 41.9 Å². The van der Waals surface area contributed by atoms with Crippen LogP contribution in [0.5, 0.6) is 11.5 Å². The molecule has 186 valence electrons. The van der Waals surface area contributed by atoms with Gasteiger partial charge in [-0.3, -0.25) is 4.79 Å². The maximum atomic E-state index is 13.5. The van der Waals surface area contributed by atoms with E-state index in [9.17, 15) is 9.18 Å². The van der Waals surface area contributed by atoms with Crippen molar-refractivity contribution in [2.75, 3.05) is 6.61 Å². The van der Waals surface area contributed by atoms with Crippen molar-refractivity contribution in [2.24, 2.45) is 5.10 Å². The van der Waals surface area contributed by atoms with Crippen LogP contribution >= 0.6 is 31.9 Å². The Morgan fingerprint density at radius 2 is 1.92 bits per heavy atom. The molecule has 0 saturated carbocycles. The Kier molecular flexibility index (Phi) is 8.53. The number of benzene rings is 3. The van der Waals surface area contributed by atoms with Crippen LogP contribution < -0.4 is 15.0 Å². The van der Waals surface area contributed by atoms with Crippen LogP contribution in [0.1, 0.15) is 37.2 Å². The van der Waals surface area contributed by atoms with E-state index in [0.717, 1.165) is 10.9 Å². The van der Waals surface area contributed by atoms with Crippen molar-refractivity contribution >= 4 is 49.0 Å². The molecule has 6 nitrogen and oxygen atoms in total. The largest absolute Gasteiger partial charge is 0.490 e. The molecular weight excluding hydrogens is 593 g/mol. The zero-order chi connectivity index (χ0) is 25.7. The van der Waals surface area contributed by atoms with Gasteiger partial charge in [0.05, 0.1) is 28.2 Å². The summed E-state index contributed by atoms with van der Waals surface area (Å²) < 4.78 is 28.1. The minimum absolute atomic E-state index is 0.179. The molecule has 0 aliphatic carbocycles. The maximum Gasteiger partial charge on any atom is 0.282 e. The molecule has 0 aliphatic rings. The molecule has 36 heavy (non-hydrogen) atoms. The minimum atomic E-state index is -0.319. The topological polar surface area (TPSA) is 65.7 Å². The summed E-state index contributed by atoms with van der Waals surface area (Å²) in [7, 11) is 0. The van der Waals surface area contributed by atoms with Gasteiger partial charge in [-0.25, -0.2) is 9.37 Å². The zero-order valence-corrected chi connectivity index (χ0v) is 23.0. The fourth-order valence-corrected chi connectivity index (χ4v) is 4.61. The summed E-state index contributed by atoms with van der Waals surface area (Å²) in [4.78, 5) is 17.9. The number of aromatic nitrogens is 2. The van der Waals surface area contributed by atoms with Gasteiger partial charge in [0, 0.05) is 10.9 Å². The molecule has 0 fully saturated rings. The third kappa shape index (κ3) is 6.02. The van der Waals surface area contributed by atoms with Crippen molar-refractivity contribution in [2.45, 2.75) is 33.3 Å². The van der Waals surface area contributed by atoms with Crippen molar-refractivity contribution in [1.29, 1.82) is 0 Å². The van der Waals surface area contributed by atoms with Gasteiger partial charge in [-0.05, 0) is 82.9 Å². The lowest BCUT2D eigenvalue weighted by Gasteiger charge is -2.15. The molecule has 0 atom stereocenters. The van der Waals surface area contributed by atoms with E-state index in [1.54, 1.807) is 30.5 Å². The highest BCUT2D eigenvalue weighted by Gasteiger charge is 2.14. The van der Waals surface area contributed by atoms with Crippen LogP contribution in [0, 0.1) is 5.82 Å². The standard InChI is InChI=1S/C27H24Br2FN3O3/c1-3-6-25-32-23-10-9-19(28)14-21(23)27(34)33(25)31-15-18-12-22(29)26(24(13-18)35-4-2)36-16-17-7-5-8-20(30)11-17/h5,7-15H,3-4,6,16H2,1-2H3. The number of fused-ring (bicyclic) bond motifs is 1. The lowest BCUT2D eigenvalue weighted by Crippen LogP contribution is -2.22. The van der Waals surface area contributed by atoms with E-state index in [4.69, 9.17) is 9.47 Å². The fraction of sp³-hybridized carbons (Fsp3) is 0.222. The normalized spacial score (nSPS) is 11.4. The predicted octanol–water partition coefficient (Wildman–Crippen LogP) is 6.87. The van der Waals surface area contributed by atoms with Crippen molar-refractivity contribution in [3.05, 3.63) is 96.7 Å². The van der Waals surface area contributed by atoms with Crippen molar-refractivity contribution in [1.82, 2.24) is 9.66 Å². The summed E-state index contributed by atoms with van der Waals surface area (Å²) in [5, 5.41) is 4.98. The van der Waals surface area contributed by atoms with Crippen molar-refractivity contribution in [3.8, 4) is 11.5 Å². The van der Waals surface area contributed by atoms with E-state index < -0.39 is 0 Å². The number of halogens is 3. The van der Waals surface area contributed by atoms with Crippen LogP contribution in [0.25, 0.3) is 10.9 Å². The molecule has 4 aromatic rings. The Labute approximate surface area is 225 Å². The molecule has 0 bridgehead atoms. The van der Waals surface area contributed by atoms with E-state index in [1.165, 1.54) is 16.8 Å². The van der Waals surface area contributed by atoms with Gasteiger partial charge in [0.1, 0.15) is 18.2 Å². The summed E-state index contributed by atoms with van der Waals surface area (Å²) in [5.41, 5.74) is 1.81. The highest BCUT2D eigenvalue weighted by Crippen LogP contribution is 2.37. The Morgan fingerprint density at radius 1 is 1.08 bits per heavy atom. The SMILES string of the molecule is CCCc1nc2ccc(Br)cc2c(=O)n1N=Cc1cc(Br)c(OCc2cccc(F)c2)c(OCC)c1. The van der Waals surface area contributed by atoms with Crippen LogP contribution in [0.4, 0.5) is 4.39 Å². The molecule has 9 heteroatoms. The molecule has 0 spiro atoms. The van der Waals surface area contributed by atoms with Gasteiger partial charge in [0.25, 0.3) is 5.56 Å². The first kappa shape index (κ1) is 26.0. The molecule has 0 saturated heterocycles. The predicted molar refractivity (Wildman–Crippen MR) is 147 cm³/mol. The van der Waals surface area contributed by atoms with Gasteiger partial charge < -0.3 is 9.47 Å². The zero-order valence-electron chi connectivity index (χ0n) is 19.8. The molecule has 1 aromatic heterocycles. The third-order valence-corrected chi connectivity index (χ3v) is 6.36. The Hall–Kier alpha value is -3.04. The fourth-order valence-electron chi connectivity index (χ4n) is 3.67. The summed E-state index contributed by atoms with van der Waals surface area (Å²) in [6.07, 6.45) is 3.02. The van der Waals surface area contributed by atoms with Gasteiger partial charge in [-0.1, -0.05) is 35.0 Å². The average Bonchev–Trinajstić information content (AvgIpc) is 2.84. The molecule has 1 heterocycles. The second-order valence-electron chi connectivity index (χ2n) is 7.98. The third-order valence-electron chi connectivity index (χ3n) is 5.28. The maximum absolute atomic E-state index is 13.5. The highest BCUT2D eigenvalue weighted by atomic mass is 79.9. The number of aryl methyl sites for hydroxylation is 1. The summed E-state index contributed by atoms with van der Waals surface area (Å²) in [5.74, 6) is 1.28. The monoisotopic (exact) mass is 615 g/mol. The van der Waals surface area contributed by atoms with Crippen LogP contribution in [0.15, 0.2) is 73.4 Å². The van der Waals surface area contributed by atoms with E-state index in [1.807, 2.05) is 32.0 Å². The number of hydrogen-bond acceptors (Lipinski definition) is 5. The first-order chi connectivity index (χ1) is 17.4. The molecule has 0 amide bonds. The molecule has 3 aromatic carbocycles. The smallest absolute Gasteiger partial charge is 0.282 e. The number of ether oxygens (including phenoxy) is 2. The van der Waals surface area contributed by atoms with Crippen LogP contribution in [0.3, 0.4) is 0 Å². The highest BCUT2D eigenvalue weighted by molar-refractivity contribution is 9.10. The van der Waals surface area contributed by atoms with Crippen LogP contribution in [0.2, 0.25) is 0 Å². The molecule has 0 unspecified atom stereocenters. The molecule has 0 radical (unpaired) electrons. The van der Waals surface area contributed by atoms with Crippen LogP contribution in [-0.4, -0.2) is 22.5 Å². The van der Waals surface area contributed by atoms with Gasteiger partial charge in [0.15, 0.2) is 11.5 Å². The molecule has 4 rings (SSSR count). The van der Waals surface area contributed by atoms with Gasteiger partial charge in [-0.15, -0.1) is 0 Å². The quantitative estimate of drug-likeness (QED) is 0.192. The second-order valence-corrected chi connectivity index (χ2v) is 9.75. The van der Waals surface area contributed by atoms with Gasteiger partial charge >= 0.3 is 0 Å². The van der Waals surface area contributed by atoms with Gasteiger partial charge in [0.2, 0.25) is 0 Å². The van der Waals surface area contributed by atoms with Crippen LogP contribution in [-0.2, 0) is 13.0 Å². The number of rotatable bonds is 9. The van der Waals surface area contributed by atoms with E-state index >= 15 is 0 Å². The Bertz CT molecular complexity index is 1490. The average molecular weight is 617 g/mol. The second kappa shape index (κ2) is 11.8. The Morgan fingerprint density at radius 3 is 2.67 bits per heavy atom. The Balaban J connectivity index is 1.69. The van der Waals surface area contributed by atoms with Gasteiger partial charge in [-0.2, -0.15) is 9.78 Å². The lowest BCUT2D eigenvalue weighted by atomic mass is 10.2. The molecular formula is C27H24Br2FN3O3. The molecule has 0 N–H and O–H groups in total.